The van der Waals surface area contributed by atoms with Gasteiger partial charge in [0.1, 0.15) is 45.7 Å². The summed E-state index contributed by atoms with van der Waals surface area (Å²) < 4.78 is 0. The minimum atomic E-state index is -0.910. The number of hydrogen-bond donors (Lipinski definition) is 4. The number of anilines is 3. The van der Waals surface area contributed by atoms with E-state index in [0.717, 1.165) is 0 Å². The van der Waals surface area contributed by atoms with Crippen LogP contribution in [0.2, 0.25) is 0 Å². The van der Waals surface area contributed by atoms with Gasteiger partial charge in [0.05, 0.1) is 11.8 Å². The number of fused-ring (bicyclic) bond motifs is 6. The molecular formula is C15H8N12. The average Bonchev–Trinajstić information content (AvgIpc) is 2.67. The molecule has 1 aliphatic heterocycles. The van der Waals surface area contributed by atoms with E-state index in [1.54, 1.807) is 0 Å². The summed E-state index contributed by atoms with van der Waals surface area (Å²) in [7, 11) is 0. The van der Waals surface area contributed by atoms with Crippen LogP contribution in [0.1, 0.15) is 11.4 Å². The van der Waals surface area contributed by atoms with Gasteiger partial charge in [-0.3, -0.25) is 0 Å². The van der Waals surface area contributed by atoms with Gasteiger partial charge >= 0.3 is 0 Å². The Morgan fingerprint density at radius 1 is 0.778 bits per heavy atom. The zero-order valence-corrected chi connectivity index (χ0v) is 13.4. The molecule has 2 aromatic heterocycles. The van der Waals surface area contributed by atoms with E-state index in [0.29, 0.717) is 5.69 Å². The largest absolute Gasteiger partial charge is 0.384 e. The van der Waals surface area contributed by atoms with E-state index in [1.807, 2.05) is 18.2 Å². The van der Waals surface area contributed by atoms with Crippen LogP contribution in [0, 0.1) is 34.0 Å². The second-order valence-electron chi connectivity index (χ2n) is 5.50. The van der Waals surface area contributed by atoms with Gasteiger partial charge in [-0.15, -0.1) is 0 Å². The molecule has 12 nitrogen and oxygen atoms in total. The van der Waals surface area contributed by atoms with Crippen LogP contribution in [0.4, 0.5) is 23.0 Å². The number of aliphatic imine (C=N–C) groups is 1. The van der Waals surface area contributed by atoms with Crippen LogP contribution < -0.4 is 22.5 Å². The smallest absolute Gasteiger partial charge is 0.183 e. The van der Waals surface area contributed by atoms with Crippen LogP contribution in [-0.4, -0.2) is 31.8 Å². The first-order valence-corrected chi connectivity index (χ1v) is 7.39. The van der Waals surface area contributed by atoms with E-state index in [2.05, 4.69) is 30.2 Å². The fourth-order valence-corrected chi connectivity index (χ4v) is 2.72. The Morgan fingerprint density at radius 2 is 1.33 bits per heavy atom. The third kappa shape index (κ3) is 2.10. The van der Waals surface area contributed by atoms with Gasteiger partial charge in [-0.05, 0) is 0 Å². The molecule has 3 heterocycles. The molecule has 128 valence electrons. The fourth-order valence-electron chi connectivity index (χ4n) is 2.72. The SMILES string of the molecule is N#Cc1nc2c3c(c4nc(N)c(C#N)nc4c2nc1N)N=C(N)C(C#N)N3. The van der Waals surface area contributed by atoms with Gasteiger partial charge in [0, 0.05) is 0 Å². The second kappa shape index (κ2) is 5.37. The molecule has 7 N–H and O–H groups in total. The highest BCUT2D eigenvalue weighted by molar-refractivity contribution is 6.17. The molecule has 0 amide bonds. The van der Waals surface area contributed by atoms with Gasteiger partial charge in [0.15, 0.2) is 29.1 Å². The Morgan fingerprint density at radius 3 is 1.93 bits per heavy atom. The molecular weight excluding hydrogens is 348 g/mol. The van der Waals surface area contributed by atoms with E-state index in [9.17, 15) is 15.8 Å². The summed E-state index contributed by atoms with van der Waals surface area (Å²) in [6, 6.07) is 4.75. The molecule has 1 aliphatic rings. The molecule has 1 unspecified atom stereocenters. The first-order valence-electron chi connectivity index (χ1n) is 7.39. The van der Waals surface area contributed by atoms with Crippen molar-refractivity contribution < 1.29 is 0 Å². The van der Waals surface area contributed by atoms with Crippen LogP contribution >= 0.6 is 0 Å². The fraction of sp³-hybridized carbons (Fsp3) is 0.0667. The number of rotatable bonds is 0. The van der Waals surface area contributed by atoms with Crippen molar-refractivity contribution in [2.45, 2.75) is 6.04 Å². The van der Waals surface area contributed by atoms with E-state index in [-0.39, 0.29) is 56.6 Å². The number of aromatic nitrogens is 4. The third-order valence-corrected chi connectivity index (χ3v) is 3.93. The molecule has 27 heavy (non-hydrogen) atoms. The minimum absolute atomic E-state index is 0.0132. The molecule has 0 saturated heterocycles. The maximum Gasteiger partial charge on any atom is 0.183 e. The summed E-state index contributed by atoms with van der Waals surface area (Å²) in [4.78, 5) is 21.0. The number of amidine groups is 1. The van der Waals surface area contributed by atoms with Crippen molar-refractivity contribution in [3.05, 3.63) is 11.4 Å². The van der Waals surface area contributed by atoms with E-state index >= 15 is 0 Å². The topological polar surface area (TPSA) is 225 Å². The average molecular weight is 356 g/mol. The number of nitrogens with one attached hydrogen (secondary N) is 1. The van der Waals surface area contributed by atoms with Crippen LogP contribution in [0.25, 0.3) is 22.1 Å². The number of nitriles is 3. The summed E-state index contributed by atoms with van der Waals surface area (Å²) in [6.45, 7) is 0. The van der Waals surface area contributed by atoms with Crippen molar-refractivity contribution in [3.63, 3.8) is 0 Å². The van der Waals surface area contributed by atoms with E-state index in [4.69, 9.17) is 17.2 Å². The molecule has 0 spiro atoms. The quantitative estimate of drug-likeness (QED) is 0.385. The van der Waals surface area contributed by atoms with Crippen molar-refractivity contribution in [1.82, 2.24) is 19.9 Å². The van der Waals surface area contributed by atoms with Crippen molar-refractivity contribution in [2.75, 3.05) is 16.8 Å². The molecule has 1 atom stereocenters. The van der Waals surface area contributed by atoms with Gasteiger partial charge in [-0.25, -0.2) is 24.9 Å². The molecule has 3 aromatic rings. The van der Waals surface area contributed by atoms with Crippen LogP contribution in [0.15, 0.2) is 4.99 Å². The van der Waals surface area contributed by atoms with Crippen LogP contribution in [-0.2, 0) is 0 Å². The van der Waals surface area contributed by atoms with Gasteiger partial charge in [0.25, 0.3) is 0 Å². The summed E-state index contributed by atoms with van der Waals surface area (Å²) >= 11 is 0. The molecule has 0 fully saturated rings. The van der Waals surface area contributed by atoms with E-state index < -0.39 is 6.04 Å². The summed E-state index contributed by atoms with van der Waals surface area (Å²) in [5, 5.41) is 30.6. The minimum Gasteiger partial charge on any atom is -0.384 e. The number of nitrogens with zero attached hydrogens (tertiary/aromatic N) is 8. The Kier molecular flexibility index (Phi) is 3.13. The van der Waals surface area contributed by atoms with Gasteiger partial charge in [-0.2, -0.15) is 15.8 Å². The zero-order valence-electron chi connectivity index (χ0n) is 13.4. The second-order valence-corrected chi connectivity index (χ2v) is 5.50. The normalized spacial score (nSPS) is 15.1. The standard InChI is InChI=1S/C15H8N12/c16-1-4-13(19)25-10-7(22-4)8-11(26-14(20)5(2-17)23-8)12-9(10)24-6(3-18)15(21)27-12/h5,23H,(H2,19,25)(H2,20,26)(H2,21,27). The number of benzene rings is 1. The monoisotopic (exact) mass is 356 g/mol. The predicted octanol–water partition coefficient (Wildman–Crippen LogP) is -0.213. The summed E-state index contributed by atoms with van der Waals surface area (Å²) in [6.07, 6.45) is 0. The highest BCUT2D eigenvalue weighted by atomic mass is 15.1. The van der Waals surface area contributed by atoms with Gasteiger partial charge in [-0.1, -0.05) is 0 Å². The lowest BCUT2D eigenvalue weighted by molar-refractivity contribution is 1.11. The third-order valence-electron chi connectivity index (χ3n) is 3.93. The summed E-state index contributed by atoms with van der Waals surface area (Å²) in [5.74, 6) is -0.198. The Labute approximate surface area is 150 Å². The maximum absolute atomic E-state index is 9.26. The lowest BCUT2D eigenvalue weighted by Crippen LogP contribution is -2.36. The molecule has 12 heteroatoms. The van der Waals surface area contributed by atoms with Crippen molar-refractivity contribution in [1.29, 1.82) is 15.8 Å². The molecule has 1 aromatic carbocycles. The van der Waals surface area contributed by atoms with Crippen molar-refractivity contribution >= 4 is 50.9 Å². The number of hydrogen-bond acceptors (Lipinski definition) is 12. The van der Waals surface area contributed by atoms with Crippen molar-refractivity contribution in [2.24, 2.45) is 10.7 Å². The lowest BCUT2D eigenvalue weighted by atomic mass is 10.1. The maximum atomic E-state index is 9.26. The first-order chi connectivity index (χ1) is 13.0. The number of nitrogens with two attached hydrogens (primary N) is 3. The van der Waals surface area contributed by atoms with Crippen LogP contribution in [0.3, 0.4) is 0 Å². The molecule has 0 radical (unpaired) electrons. The van der Waals surface area contributed by atoms with E-state index in [1.165, 1.54) is 0 Å². The molecule has 0 aliphatic carbocycles. The molecule has 4 rings (SSSR count). The summed E-state index contributed by atoms with van der Waals surface area (Å²) in [5.41, 5.74) is 18.5. The lowest BCUT2D eigenvalue weighted by Gasteiger charge is -2.22. The Hall–Kier alpha value is -4.76. The highest BCUT2D eigenvalue weighted by Gasteiger charge is 2.28. The number of nitrogen functional groups attached to an aromatic ring is 2. The van der Waals surface area contributed by atoms with Crippen molar-refractivity contribution in [3.8, 4) is 18.2 Å². The van der Waals surface area contributed by atoms with Crippen LogP contribution in [0.5, 0.6) is 0 Å². The van der Waals surface area contributed by atoms with Gasteiger partial charge in [0.2, 0.25) is 0 Å². The van der Waals surface area contributed by atoms with Gasteiger partial charge < -0.3 is 22.5 Å². The zero-order chi connectivity index (χ0) is 19.3. The highest BCUT2D eigenvalue weighted by Crippen LogP contribution is 2.42. The first kappa shape index (κ1) is 15.7. The molecule has 0 saturated carbocycles. The Bertz CT molecular complexity index is 1320. The molecule has 0 bridgehead atoms. The Balaban J connectivity index is 2.27. The predicted molar refractivity (Wildman–Crippen MR) is 95.2 cm³/mol.